The Hall–Kier alpha value is -2.82. The fourth-order valence-electron chi connectivity index (χ4n) is 3.27. The summed E-state index contributed by atoms with van der Waals surface area (Å²) in [6.45, 7) is 5.33. The lowest BCUT2D eigenvalue weighted by molar-refractivity contribution is -0.117. The molecular formula is C22H27N3O2. The molecule has 0 saturated carbocycles. The van der Waals surface area contributed by atoms with Gasteiger partial charge in [-0.25, -0.2) is 4.79 Å². The minimum absolute atomic E-state index is 0.0561. The van der Waals surface area contributed by atoms with E-state index in [1.807, 2.05) is 36.1 Å². The van der Waals surface area contributed by atoms with Crippen molar-refractivity contribution in [2.45, 2.75) is 45.7 Å². The van der Waals surface area contributed by atoms with E-state index < -0.39 is 0 Å². The molecule has 0 bridgehead atoms. The molecule has 0 radical (unpaired) electrons. The van der Waals surface area contributed by atoms with E-state index in [1.54, 1.807) is 0 Å². The zero-order valence-corrected chi connectivity index (χ0v) is 16.0. The second-order valence-corrected chi connectivity index (χ2v) is 6.96. The molecule has 27 heavy (non-hydrogen) atoms. The molecule has 0 aliphatic carbocycles. The van der Waals surface area contributed by atoms with Crippen LogP contribution in [0.4, 0.5) is 10.5 Å². The van der Waals surface area contributed by atoms with Gasteiger partial charge in [-0.05, 0) is 48.6 Å². The first-order valence-corrected chi connectivity index (χ1v) is 9.59. The van der Waals surface area contributed by atoms with Crippen LogP contribution in [0, 0.1) is 0 Å². The highest BCUT2D eigenvalue weighted by atomic mass is 16.2. The summed E-state index contributed by atoms with van der Waals surface area (Å²) >= 11 is 0. The highest BCUT2D eigenvalue weighted by Crippen LogP contribution is 2.21. The molecule has 3 rings (SSSR count). The number of nitrogens with zero attached hydrogens (tertiary/aromatic N) is 1. The second-order valence-electron chi connectivity index (χ2n) is 6.96. The molecule has 1 aliphatic rings. The quantitative estimate of drug-likeness (QED) is 0.815. The fourth-order valence-corrected chi connectivity index (χ4v) is 3.27. The number of urea groups is 1. The van der Waals surface area contributed by atoms with E-state index >= 15 is 0 Å². The largest absolute Gasteiger partial charge is 0.334 e. The molecule has 5 nitrogen and oxygen atoms in total. The number of aryl methyl sites for hydroxylation is 1. The molecule has 0 spiro atoms. The molecule has 1 saturated heterocycles. The van der Waals surface area contributed by atoms with E-state index in [4.69, 9.17) is 0 Å². The van der Waals surface area contributed by atoms with E-state index in [1.165, 1.54) is 5.56 Å². The van der Waals surface area contributed by atoms with Crippen LogP contribution >= 0.6 is 0 Å². The molecule has 2 aromatic carbocycles. The van der Waals surface area contributed by atoms with Crippen LogP contribution in [-0.2, 0) is 17.8 Å². The number of hydrogen-bond acceptors (Lipinski definition) is 2. The van der Waals surface area contributed by atoms with Gasteiger partial charge in [0.2, 0.25) is 5.91 Å². The molecule has 2 N–H and O–H groups in total. The number of carbonyl (C=O) groups is 2. The van der Waals surface area contributed by atoms with Gasteiger partial charge in [0.15, 0.2) is 0 Å². The topological polar surface area (TPSA) is 61.4 Å². The molecule has 1 heterocycles. The van der Waals surface area contributed by atoms with Gasteiger partial charge in [-0.3, -0.25) is 4.79 Å². The first kappa shape index (κ1) is 19.0. The van der Waals surface area contributed by atoms with Gasteiger partial charge >= 0.3 is 6.03 Å². The number of benzene rings is 2. The minimum Gasteiger partial charge on any atom is -0.334 e. The lowest BCUT2D eigenvalue weighted by Gasteiger charge is -2.17. The number of carbonyl (C=O) groups excluding carboxylic acids is 2. The first-order valence-electron chi connectivity index (χ1n) is 9.59. The molecule has 142 valence electrons. The summed E-state index contributed by atoms with van der Waals surface area (Å²) in [6, 6.07) is 15.8. The highest BCUT2D eigenvalue weighted by molar-refractivity contribution is 5.95. The van der Waals surface area contributed by atoms with Gasteiger partial charge in [-0.2, -0.15) is 0 Å². The fraction of sp³-hybridized carbons (Fsp3) is 0.364. The van der Waals surface area contributed by atoms with Gasteiger partial charge in [0.25, 0.3) is 0 Å². The average Bonchev–Trinajstić information content (AvgIpc) is 3.12. The number of nitrogens with one attached hydrogen (secondary N) is 2. The predicted octanol–water partition coefficient (Wildman–Crippen LogP) is 3.94. The Bertz CT molecular complexity index is 784. The zero-order chi connectivity index (χ0) is 19.2. The van der Waals surface area contributed by atoms with Crippen molar-refractivity contribution in [1.29, 1.82) is 0 Å². The van der Waals surface area contributed by atoms with Gasteiger partial charge in [0.05, 0.1) is 6.04 Å². The molecule has 2 aromatic rings. The van der Waals surface area contributed by atoms with Gasteiger partial charge in [-0.15, -0.1) is 0 Å². The Balaban J connectivity index is 1.48. The monoisotopic (exact) mass is 365 g/mol. The molecule has 1 aliphatic heterocycles. The lowest BCUT2D eigenvalue weighted by Crippen LogP contribution is -2.36. The second kappa shape index (κ2) is 8.71. The molecule has 0 unspecified atom stereocenters. The van der Waals surface area contributed by atoms with E-state index in [2.05, 4.69) is 41.8 Å². The van der Waals surface area contributed by atoms with E-state index in [-0.39, 0.29) is 18.0 Å². The maximum absolute atomic E-state index is 12.2. The van der Waals surface area contributed by atoms with Gasteiger partial charge < -0.3 is 15.5 Å². The highest BCUT2D eigenvalue weighted by Gasteiger charge is 2.21. The number of hydrogen-bond donors (Lipinski definition) is 2. The van der Waals surface area contributed by atoms with Gasteiger partial charge in [0, 0.05) is 25.2 Å². The van der Waals surface area contributed by atoms with Gasteiger partial charge in [0.1, 0.15) is 0 Å². The molecule has 5 heteroatoms. The average molecular weight is 365 g/mol. The number of rotatable bonds is 6. The third kappa shape index (κ3) is 4.88. The van der Waals surface area contributed by atoms with Crippen LogP contribution in [0.1, 0.15) is 49.4 Å². The van der Waals surface area contributed by atoms with E-state index in [9.17, 15) is 9.59 Å². The normalized spacial score (nSPS) is 14.9. The summed E-state index contributed by atoms with van der Waals surface area (Å²) in [6.07, 6.45) is 2.55. The van der Waals surface area contributed by atoms with Crippen molar-refractivity contribution in [2.75, 3.05) is 11.4 Å². The first-order chi connectivity index (χ1) is 13.1. The maximum Gasteiger partial charge on any atom is 0.315 e. The Labute approximate surface area is 160 Å². The molecule has 1 atom stereocenters. The third-order valence-corrected chi connectivity index (χ3v) is 5.01. The number of amides is 3. The Morgan fingerprint density at radius 3 is 2.33 bits per heavy atom. The van der Waals surface area contributed by atoms with Crippen molar-refractivity contribution in [1.82, 2.24) is 10.6 Å². The summed E-state index contributed by atoms with van der Waals surface area (Å²) in [5, 5.41) is 5.85. The molecule has 0 aromatic heterocycles. The Morgan fingerprint density at radius 1 is 1.07 bits per heavy atom. The van der Waals surface area contributed by atoms with Crippen molar-refractivity contribution >= 4 is 17.6 Å². The minimum atomic E-state index is -0.194. The van der Waals surface area contributed by atoms with E-state index in [0.29, 0.717) is 13.0 Å². The molecular weight excluding hydrogens is 338 g/mol. The smallest absolute Gasteiger partial charge is 0.315 e. The summed E-state index contributed by atoms with van der Waals surface area (Å²) in [5.41, 5.74) is 4.30. The predicted molar refractivity (Wildman–Crippen MR) is 108 cm³/mol. The lowest BCUT2D eigenvalue weighted by atomic mass is 10.1. The van der Waals surface area contributed by atoms with Crippen LogP contribution in [0.15, 0.2) is 48.5 Å². The molecule has 1 fully saturated rings. The maximum atomic E-state index is 12.2. The summed E-state index contributed by atoms with van der Waals surface area (Å²) in [4.78, 5) is 25.8. The van der Waals surface area contributed by atoms with Crippen molar-refractivity contribution in [2.24, 2.45) is 0 Å². The summed E-state index contributed by atoms with van der Waals surface area (Å²) in [5.74, 6) is 0.182. The van der Waals surface area contributed by atoms with E-state index in [0.717, 1.165) is 36.2 Å². The Kier molecular flexibility index (Phi) is 6.12. The zero-order valence-electron chi connectivity index (χ0n) is 16.0. The summed E-state index contributed by atoms with van der Waals surface area (Å²) < 4.78 is 0. The van der Waals surface area contributed by atoms with Crippen LogP contribution < -0.4 is 15.5 Å². The third-order valence-electron chi connectivity index (χ3n) is 5.01. The van der Waals surface area contributed by atoms with Crippen molar-refractivity contribution < 1.29 is 9.59 Å². The van der Waals surface area contributed by atoms with Gasteiger partial charge in [-0.1, -0.05) is 43.3 Å². The van der Waals surface area contributed by atoms with Crippen LogP contribution in [0.25, 0.3) is 0 Å². The molecule has 3 amide bonds. The van der Waals surface area contributed by atoms with Crippen LogP contribution in [-0.4, -0.2) is 18.5 Å². The Morgan fingerprint density at radius 2 is 1.74 bits per heavy atom. The van der Waals surface area contributed by atoms with Crippen molar-refractivity contribution in [3.05, 3.63) is 65.2 Å². The van der Waals surface area contributed by atoms with Crippen molar-refractivity contribution in [3.63, 3.8) is 0 Å². The SMILES string of the molecule is CCc1ccc([C@@H](C)NC(=O)NCc2ccc(N3CCCC3=O)cc2)cc1. The van der Waals surface area contributed by atoms with Crippen LogP contribution in [0.2, 0.25) is 0 Å². The standard InChI is InChI=1S/C22H27N3O2/c1-3-17-6-10-19(11-7-17)16(2)24-22(27)23-15-18-8-12-20(13-9-18)25-14-4-5-21(25)26/h6-13,16H,3-5,14-15H2,1-2H3,(H2,23,24,27)/t16-/m1/s1. The van der Waals surface area contributed by atoms with Crippen LogP contribution in [0.3, 0.4) is 0 Å². The van der Waals surface area contributed by atoms with Crippen LogP contribution in [0.5, 0.6) is 0 Å². The summed E-state index contributed by atoms with van der Waals surface area (Å²) in [7, 11) is 0. The number of anilines is 1. The van der Waals surface area contributed by atoms with Crippen molar-refractivity contribution in [3.8, 4) is 0 Å².